The molecule has 0 heterocycles. The van der Waals surface area contributed by atoms with Crippen molar-refractivity contribution in [2.45, 2.75) is 45.4 Å². The lowest BCUT2D eigenvalue weighted by molar-refractivity contribution is -0.137. The Kier molecular flexibility index (Phi) is 4.43. The van der Waals surface area contributed by atoms with Gasteiger partial charge in [0, 0.05) is 19.0 Å². The van der Waals surface area contributed by atoms with Gasteiger partial charge in [0.05, 0.1) is 0 Å². The Bertz CT molecular complexity index is 267. The third kappa shape index (κ3) is 2.82. The van der Waals surface area contributed by atoms with Crippen LogP contribution in [0.2, 0.25) is 0 Å². The molecule has 17 heavy (non-hydrogen) atoms. The Balaban J connectivity index is 1.91. The van der Waals surface area contributed by atoms with Crippen LogP contribution in [0.4, 0.5) is 0 Å². The van der Waals surface area contributed by atoms with Gasteiger partial charge >= 0.3 is 0 Å². The molecule has 3 nitrogen and oxygen atoms in total. The van der Waals surface area contributed by atoms with E-state index in [1.807, 2.05) is 0 Å². The zero-order valence-corrected chi connectivity index (χ0v) is 11.0. The first-order valence-corrected chi connectivity index (χ1v) is 7.25. The monoisotopic (exact) mass is 238 g/mol. The quantitative estimate of drug-likeness (QED) is 0.769. The van der Waals surface area contributed by atoms with Gasteiger partial charge in [0.1, 0.15) is 0 Å². The molecule has 0 radical (unpaired) electrons. The number of hydrogen-bond acceptors (Lipinski definition) is 2. The van der Waals surface area contributed by atoms with Gasteiger partial charge in [-0.25, -0.2) is 0 Å². The van der Waals surface area contributed by atoms with Crippen LogP contribution >= 0.6 is 0 Å². The predicted molar refractivity (Wildman–Crippen MR) is 69.5 cm³/mol. The Morgan fingerprint density at radius 3 is 2.65 bits per heavy atom. The van der Waals surface area contributed by atoms with E-state index < -0.39 is 0 Å². The van der Waals surface area contributed by atoms with Crippen molar-refractivity contribution in [3.8, 4) is 0 Å². The summed E-state index contributed by atoms with van der Waals surface area (Å²) in [6.07, 6.45) is 7.12. The van der Waals surface area contributed by atoms with E-state index in [0.717, 1.165) is 38.3 Å². The highest BCUT2D eigenvalue weighted by molar-refractivity contribution is 5.79. The van der Waals surface area contributed by atoms with Crippen LogP contribution in [0.3, 0.4) is 0 Å². The fourth-order valence-electron chi connectivity index (χ4n) is 3.67. The number of nitrogens with two attached hydrogens (primary N) is 1. The van der Waals surface area contributed by atoms with Gasteiger partial charge in [-0.3, -0.25) is 4.79 Å². The molecule has 3 unspecified atom stereocenters. The molecule has 0 aromatic heterocycles. The summed E-state index contributed by atoms with van der Waals surface area (Å²) < 4.78 is 0. The topological polar surface area (TPSA) is 46.3 Å². The van der Waals surface area contributed by atoms with Gasteiger partial charge in [0.25, 0.3) is 0 Å². The van der Waals surface area contributed by atoms with Crippen molar-refractivity contribution in [1.82, 2.24) is 4.90 Å². The summed E-state index contributed by atoms with van der Waals surface area (Å²) in [6.45, 7) is 4.59. The van der Waals surface area contributed by atoms with E-state index in [0.29, 0.717) is 24.3 Å². The van der Waals surface area contributed by atoms with E-state index in [1.165, 1.54) is 19.3 Å². The molecule has 2 aliphatic rings. The molecule has 98 valence electrons. The fourth-order valence-corrected chi connectivity index (χ4v) is 3.67. The maximum Gasteiger partial charge on any atom is 0.225 e. The second kappa shape index (κ2) is 5.85. The van der Waals surface area contributed by atoms with Crippen molar-refractivity contribution in [3.63, 3.8) is 0 Å². The number of carbonyl (C=O) groups excluding carboxylic acids is 1. The average molecular weight is 238 g/mol. The molecule has 0 spiro atoms. The summed E-state index contributed by atoms with van der Waals surface area (Å²) in [5.41, 5.74) is 5.55. The van der Waals surface area contributed by atoms with Gasteiger partial charge in [-0.2, -0.15) is 0 Å². The first kappa shape index (κ1) is 12.9. The minimum Gasteiger partial charge on any atom is -0.342 e. The lowest BCUT2D eigenvalue weighted by Crippen LogP contribution is -2.39. The standard InChI is InChI=1S/C14H26N2O/c1-2-7-16(8-3-6-15)14(17)13-10-11-4-5-12(13)9-11/h11-13H,2-10,15H2,1H3. The van der Waals surface area contributed by atoms with Crippen molar-refractivity contribution in [2.24, 2.45) is 23.5 Å². The zero-order valence-electron chi connectivity index (χ0n) is 11.0. The van der Waals surface area contributed by atoms with Crippen molar-refractivity contribution >= 4 is 5.91 Å². The van der Waals surface area contributed by atoms with Crippen LogP contribution in [0, 0.1) is 17.8 Å². The second-order valence-corrected chi connectivity index (χ2v) is 5.75. The molecule has 1 amide bonds. The van der Waals surface area contributed by atoms with E-state index in [9.17, 15) is 4.79 Å². The Morgan fingerprint density at radius 1 is 1.29 bits per heavy atom. The molecule has 3 heteroatoms. The van der Waals surface area contributed by atoms with Crippen LogP contribution in [-0.2, 0) is 4.79 Å². The molecule has 0 aliphatic heterocycles. The number of hydrogen-bond donors (Lipinski definition) is 1. The number of carbonyl (C=O) groups is 1. The van der Waals surface area contributed by atoms with Gasteiger partial charge in [0.15, 0.2) is 0 Å². The van der Waals surface area contributed by atoms with Crippen molar-refractivity contribution in [2.75, 3.05) is 19.6 Å². The number of nitrogens with zero attached hydrogens (tertiary/aromatic N) is 1. The van der Waals surface area contributed by atoms with E-state index in [4.69, 9.17) is 5.73 Å². The molecule has 0 aromatic carbocycles. The van der Waals surface area contributed by atoms with Crippen LogP contribution < -0.4 is 5.73 Å². The van der Waals surface area contributed by atoms with Gasteiger partial charge in [-0.1, -0.05) is 13.3 Å². The molecule has 0 aromatic rings. The molecular weight excluding hydrogens is 212 g/mol. The summed E-state index contributed by atoms with van der Waals surface area (Å²) in [4.78, 5) is 14.6. The molecule has 2 saturated carbocycles. The molecule has 0 saturated heterocycles. The number of amides is 1. The summed E-state index contributed by atoms with van der Waals surface area (Å²) in [5.74, 6) is 2.32. The van der Waals surface area contributed by atoms with Crippen LogP contribution in [-0.4, -0.2) is 30.4 Å². The normalized spacial score (nSPS) is 30.8. The minimum absolute atomic E-state index is 0.345. The molecule has 2 N–H and O–H groups in total. The molecule has 2 fully saturated rings. The minimum atomic E-state index is 0.345. The van der Waals surface area contributed by atoms with Crippen molar-refractivity contribution in [1.29, 1.82) is 0 Å². The lowest BCUT2D eigenvalue weighted by Gasteiger charge is -2.29. The smallest absolute Gasteiger partial charge is 0.225 e. The van der Waals surface area contributed by atoms with Crippen LogP contribution in [0.5, 0.6) is 0 Å². The van der Waals surface area contributed by atoms with Gasteiger partial charge in [0.2, 0.25) is 5.91 Å². The summed E-state index contributed by atoms with van der Waals surface area (Å²) >= 11 is 0. The van der Waals surface area contributed by atoms with E-state index in [1.54, 1.807) is 0 Å². The SMILES string of the molecule is CCCN(CCCN)C(=O)C1CC2CCC1C2. The van der Waals surface area contributed by atoms with E-state index >= 15 is 0 Å². The lowest BCUT2D eigenvalue weighted by atomic mass is 9.87. The van der Waals surface area contributed by atoms with Crippen LogP contribution in [0.1, 0.15) is 45.4 Å². The fraction of sp³-hybridized carbons (Fsp3) is 0.929. The highest BCUT2D eigenvalue weighted by atomic mass is 16.2. The maximum atomic E-state index is 12.5. The largest absolute Gasteiger partial charge is 0.342 e. The number of fused-ring (bicyclic) bond motifs is 2. The third-order valence-corrected chi connectivity index (χ3v) is 4.49. The van der Waals surface area contributed by atoms with E-state index in [2.05, 4.69) is 11.8 Å². The predicted octanol–water partition coefficient (Wildman–Crippen LogP) is 2.01. The summed E-state index contributed by atoms with van der Waals surface area (Å²) in [7, 11) is 0. The van der Waals surface area contributed by atoms with Crippen LogP contribution in [0.25, 0.3) is 0 Å². The first-order valence-electron chi connectivity index (χ1n) is 7.25. The number of rotatable bonds is 6. The Hall–Kier alpha value is -0.570. The highest BCUT2D eigenvalue weighted by Gasteiger charge is 2.44. The molecule has 2 bridgehead atoms. The zero-order chi connectivity index (χ0) is 12.3. The maximum absolute atomic E-state index is 12.5. The van der Waals surface area contributed by atoms with Crippen LogP contribution in [0.15, 0.2) is 0 Å². The first-order chi connectivity index (χ1) is 8.26. The van der Waals surface area contributed by atoms with Gasteiger partial charge < -0.3 is 10.6 Å². The summed E-state index contributed by atoms with van der Waals surface area (Å²) in [6, 6.07) is 0. The Labute approximate surface area is 105 Å². The third-order valence-electron chi connectivity index (χ3n) is 4.49. The highest BCUT2D eigenvalue weighted by Crippen LogP contribution is 2.48. The second-order valence-electron chi connectivity index (χ2n) is 5.75. The average Bonchev–Trinajstić information content (AvgIpc) is 2.95. The van der Waals surface area contributed by atoms with Crippen molar-refractivity contribution < 1.29 is 4.79 Å². The van der Waals surface area contributed by atoms with E-state index in [-0.39, 0.29) is 0 Å². The molecule has 2 aliphatic carbocycles. The summed E-state index contributed by atoms with van der Waals surface area (Å²) in [5, 5.41) is 0. The van der Waals surface area contributed by atoms with Crippen molar-refractivity contribution in [3.05, 3.63) is 0 Å². The molecule has 3 atom stereocenters. The molecule has 2 rings (SSSR count). The molecular formula is C14H26N2O. The van der Waals surface area contributed by atoms with Gasteiger partial charge in [-0.15, -0.1) is 0 Å². The Morgan fingerprint density at radius 2 is 2.12 bits per heavy atom. The van der Waals surface area contributed by atoms with Gasteiger partial charge in [-0.05, 0) is 50.5 Å².